The normalized spacial score (nSPS) is 15.9. The van der Waals surface area contributed by atoms with Crippen LogP contribution in [0.15, 0.2) is 4.52 Å². The van der Waals surface area contributed by atoms with E-state index in [-0.39, 0.29) is 5.91 Å². The molecule has 1 aliphatic heterocycles. The Morgan fingerprint density at radius 2 is 2.31 bits per heavy atom. The predicted octanol–water partition coefficient (Wildman–Crippen LogP) is 0.517. The van der Waals surface area contributed by atoms with E-state index in [1.54, 1.807) is 0 Å². The molecule has 0 unspecified atom stereocenters. The molecule has 0 aliphatic carbocycles. The molecule has 5 nitrogen and oxygen atoms in total. The van der Waals surface area contributed by atoms with Crippen molar-refractivity contribution in [2.75, 3.05) is 13.1 Å². The summed E-state index contributed by atoms with van der Waals surface area (Å²) in [6.45, 7) is 6.17. The fourth-order valence-corrected chi connectivity index (χ4v) is 1.77. The van der Waals surface area contributed by atoms with Crippen molar-refractivity contribution in [3.8, 4) is 0 Å². The second-order valence-corrected chi connectivity index (χ2v) is 4.31. The summed E-state index contributed by atoms with van der Waals surface area (Å²) in [7, 11) is 0. The van der Waals surface area contributed by atoms with Crippen molar-refractivity contribution in [2.45, 2.75) is 26.8 Å². The lowest BCUT2D eigenvalue weighted by molar-refractivity contribution is -0.122. The summed E-state index contributed by atoms with van der Waals surface area (Å²) in [4.78, 5) is 11.6. The summed E-state index contributed by atoms with van der Waals surface area (Å²) in [6.07, 6.45) is 0.608. The van der Waals surface area contributed by atoms with Crippen LogP contribution in [0.1, 0.15) is 23.4 Å². The van der Waals surface area contributed by atoms with Crippen molar-refractivity contribution < 1.29 is 9.32 Å². The maximum atomic E-state index is 11.6. The van der Waals surface area contributed by atoms with Crippen molar-refractivity contribution in [2.24, 2.45) is 5.92 Å². The van der Waals surface area contributed by atoms with E-state index in [1.165, 1.54) is 0 Å². The van der Waals surface area contributed by atoms with Gasteiger partial charge in [-0.15, -0.1) is 0 Å². The minimum absolute atomic E-state index is 0.103. The zero-order chi connectivity index (χ0) is 11.5. The molecule has 0 saturated carbocycles. The molecule has 1 aliphatic rings. The van der Waals surface area contributed by atoms with Crippen LogP contribution < -0.4 is 10.6 Å². The Hall–Kier alpha value is -1.36. The number of amides is 1. The first-order valence-electron chi connectivity index (χ1n) is 5.56. The number of hydrogen-bond acceptors (Lipinski definition) is 4. The lowest BCUT2D eigenvalue weighted by Crippen LogP contribution is -2.44. The third kappa shape index (κ3) is 2.41. The first-order chi connectivity index (χ1) is 7.66. The fraction of sp³-hybridized carbons (Fsp3) is 0.636. The molecule has 0 bridgehead atoms. The molecule has 1 aromatic rings. The number of nitrogens with zero attached hydrogens (tertiary/aromatic N) is 1. The highest BCUT2D eigenvalue weighted by atomic mass is 16.5. The molecule has 16 heavy (non-hydrogen) atoms. The number of carbonyl (C=O) groups is 1. The van der Waals surface area contributed by atoms with Gasteiger partial charge < -0.3 is 15.2 Å². The van der Waals surface area contributed by atoms with Crippen LogP contribution in [0, 0.1) is 19.8 Å². The van der Waals surface area contributed by atoms with Crippen molar-refractivity contribution in [3.63, 3.8) is 0 Å². The Kier molecular flexibility index (Phi) is 3.24. The van der Waals surface area contributed by atoms with Crippen molar-refractivity contribution in [1.29, 1.82) is 0 Å². The summed E-state index contributed by atoms with van der Waals surface area (Å²) in [6, 6.07) is 0. The van der Waals surface area contributed by atoms with Crippen LogP contribution in [-0.2, 0) is 11.3 Å². The highest BCUT2D eigenvalue weighted by molar-refractivity contribution is 5.76. The van der Waals surface area contributed by atoms with E-state index in [1.807, 2.05) is 13.8 Å². The molecule has 0 aromatic carbocycles. The third-order valence-corrected chi connectivity index (χ3v) is 2.98. The fourth-order valence-electron chi connectivity index (χ4n) is 1.77. The molecule has 0 spiro atoms. The predicted molar refractivity (Wildman–Crippen MR) is 58.8 cm³/mol. The summed E-state index contributed by atoms with van der Waals surface area (Å²) >= 11 is 0. The number of rotatable bonds is 4. The standard InChI is InChI=1S/C11H17N3O2/c1-7-10(8(2)16-14-7)6-13-11(15)3-9-4-12-5-9/h9,12H,3-6H2,1-2H3,(H,13,15). The van der Waals surface area contributed by atoms with E-state index in [0.717, 1.165) is 30.1 Å². The quantitative estimate of drug-likeness (QED) is 0.780. The molecule has 5 heteroatoms. The van der Waals surface area contributed by atoms with Crippen molar-refractivity contribution in [3.05, 3.63) is 17.0 Å². The van der Waals surface area contributed by atoms with Gasteiger partial charge in [0.15, 0.2) is 0 Å². The molecule has 1 saturated heterocycles. The van der Waals surface area contributed by atoms with E-state index in [9.17, 15) is 4.79 Å². The first-order valence-corrected chi connectivity index (χ1v) is 5.56. The first kappa shape index (κ1) is 11.1. The van der Waals surface area contributed by atoms with Gasteiger partial charge in [0.25, 0.3) is 0 Å². The monoisotopic (exact) mass is 223 g/mol. The summed E-state index contributed by atoms with van der Waals surface area (Å²) in [5, 5.41) is 9.89. The van der Waals surface area contributed by atoms with Gasteiger partial charge in [-0.05, 0) is 32.9 Å². The minimum atomic E-state index is 0.103. The van der Waals surface area contributed by atoms with Crippen LogP contribution in [0.2, 0.25) is 0 Å². The third-order valence-electron chi connectivity index (χ3n) is 2.98. The van der Waals surface area contributed by atoms with Crippen LogP contribution >= 0.6 is 0 Å². The van der Waals surface area contributed by atoms with Crippen LogP contribution in [0.25, 0.3) is 0 Å². The Morgan fingerprint density at radius 3 is 2.81 bits per heavy atom. The van der Waals surface area contributed by atoms with Gasteiger partial charge in [-0.3, -0.25) is 4.79 Å². The zero-order valence-corrected chi connectivity index (χ0v) is 9.67. The van der Waals surface area contributed by atoms with Gasteiger partial charge in [0.2, 0.25) is 5.91 Å². The number of aryl methyl sites for hydroxylation is 2. The topological polar surface area (TPSA) is 67.2 Å². The zero-order valence-electron chi connectivity index (χ0n) is 9.67. The maximum absolute atomic E-state index is 11.6. The lowest BCUT2D eigenvalue weighted by Gasteiger charge is -2.26. The SMILES string of the molecule is Cc1noc(C)c1CNC(=O)CC1CNC1. The van der Waals surface area contributed by atoms with Gasteiger partial charge in [0.05, 0.1) is 5.69 Å². The summed E-state index contributed by atoms with van der Waals surface area (Å²) < 4.78 is 5.03. The van der Waals surface area contributed by atoms with Gasteiger partial charge in [0, 0.05) is 18.5 Å². The van der Waals surface area contributed by atoms with E-state index in [4.69, 9.17) is 4.52 Å². The number of aromatic nitrogens is 1. The maximum Gasteiger partial charge on any atom is 0.220 e. The number of hydrogen-bond donors (Lipinski definition) is 2. The Morgan fingerprint density at radius 1 is 1.56 bits per heavy atom. The van der Waals surface area contributed by atoms with Gasteiger partial charge >= 0.3 is 0 Å². The molecule has 2 heterocycles. The van der Waals surface area contributed by atoms with Gasteiger partial charge in [0.1, 0.15) is 5.76 Å². The minimum Gasteiger partial charge on any atom is -0.361 e. The van der Waals surface area contributed by atoms with E-state index < -0.39 is 0 Å². The summed E-state index contributed by atoms with van der Waals surface area (Å²) in [5.74, 6) is 1.39. The van der Waals surface area contributed by atoms with Gasteiger partial charge in [-0.1, -0.05) is 5.16 Å². The number of carbonyl (C=O) groups excluding carboxylic acids is 1. The Bertz CT molecular complexity index is 363. The highest BCUT2D eigenvalue weighted by Crippen LogP contribution is 2.12. The molecule has 1 aromatic heterocycles. The molecule has 1 amide bonds. The van der Waals surface area contributed by atoms with Crippen LogP contribution in [0.4, 0.5) is 0 Å². The van der Waals surface area contributed by atoms with E-state index in [2.05, 4.69) is 15.8 Å². The lowest BCUT2D eigenvalue weighted by atomic mass is 9.99. The number of nitrogens with one attached hydrogen (secondary N) is 2. The Labute approximate surface area is 94.6 Å². The molecule has 2 rings (SSSR count). The molecule has 88 valence electrons. The van der Waals surface area contributed by atoms with Crippen LogP contribution in [0.5, 0.6) is 0 Å². The van der Waals surface area contributed by atoms with Crippen molar-refractivity contribution in [1.82, 2.24) is 15.8 Å². The molecule has 2 N–H and O–H groups in total. The second-order valence-electron chi connectivity index (χ2n) is 4.31. The molecule has 0 atom stereocenters. The summed E-state index contributed by atoms with van der Waals surface area (Å²) in [5.41, 5.74) is 1.84. The molecular formula is C11H17N3O2. The van der Waals surface area contributed by atoms with E-state index in [0.29, 0.717) is 18.9 Å². The van der Waals surface area contributed by atoms with Crippen LogP contribution in [0.3, 0.4) is 0 Å². The van der Waals surface area contributed by atoms with Gasteiger partial charge in [-0.2, -0.15) is 0 Å². The van der Waals surface area contributed by atoms with Gasteiger partial charge in [-0.25, -0.2) is 0 Å². The Balaban J connectivity index is 1.80. The average Bonchev–Trinajstić information content (AvgIpc) is 2.50. The molecule has 1 fully saturated rings. The smallest absolute Gasteiger partial charge is 0.220 e. The van der Waals surface area contributed by atoms with Crippen molar-refractivity contribution >= 4 is 5.91 Å². The largest absolute Gasteiger partial charge is 0.361 e. The molecular weight excluding hydrogens is 206 g/mol. The second kappa shape index (κ2) is 4.65. The van der Waals surface area contributed by atoms with Crippen LogP contribution in [-0.4, -0.2) is 24.2 Å². The van der Waals surface area contributed by atoms with E-state index >= 15 is 0 Å². The average molecular weight is 223 g/mol. The molecule has 0 radical (unpaired) electrons. The highest BCUT2D eigenvalue weighted by Gasteiger charge is 2.20.